The van der Waals surface area contributed by atoms with E-state index in [2.05, 4.69) is 15.3 Å². The topological polar surface area (TPSA) is 82.3 Å². The van der Waals surface area contributed by atoms with Gasteiger partial charge >= 0.3 is 0 Å². The lowest BCUT2D eigenvalue weighted by Gasteiger charge is -2.07. The Morgan fingerprint density at radius 2 is 1.68 bits per heavy atom. The lowest BCUT2D eigenvalue weighted by molar-refractivity contribution is 0.412. The molecule has 0 atom stereocenters. The quantitative estimate of drug-likeness (QED) is 0.821. The van der Waals surface area contributed by atoms with Gasteiger partial charge in [-0.25, -0.2) is 9.97 Å². The summed E-state index contributed by atoms with van der Waals surface area (Å²) in [6.07, 6.45) is 3.21. The Balaban J connectivity index is 1.98. The number of nitrogens with zero attached hydrogens (tertiary/aromatic N) is 2. The maximum Gasteiger partial charge on any atom is 0.222 e. The molecule has 100 valence electrons. The van der Waals surface area contributed by atoms with Gasteiger partial charge in [-0.2, -0.15) is 0 Å². The number of nitrogens with two attached hydrogens (primary N) is 1. The Hall–Kier alpha value is -2.34. The Morgan fingerprint density at radius 3 is 2.26 bits per heavy atom. The molecule has 0 spiro atoms. The Labute approximate surface area is 111 Å². The number of aromatic nitrogens is 2. The third kappa shape index (κ3) is 3.82. The molecule has 0 radical (unpaired) electrons. The van der Waals surface area contributed by atoms with Gasteiger partial charge in [0, 0.05) is 13.1 Å². The van der Waals surface area contributed by atoms with Crippen LogP contribution >= 0.6 is 0 Å². The molecule has 19 heavy (non-hydrogen) atoms. The summed E-state index contributed by atoms with van der Waals surface area (Å²) >= 11 is 0. The van der Waals surface area contributed by atoms with Crippen molar-refractivity contribution in [2.45, 2.75) is 0 Å². The predicted molar refractivity (Wildman–Crippen MR) is 72.6 cm³/mol. The molecule has 2 aromatic rings. The molecule has 0 unspecified atom stereocenters. The van der Waals surface area contributed by atoms with E-state index < -0.39 is 0 Å². The van der Waals surface area contributed by atoms with Crippen molar-refractivity contribution in [1.82, 2.24) is 9.97 Å². The maximum absolute atomic E-state index is 5.60. The van der Waals surface area contributed by atoms with Gasteiger partial charge in [0.15, 0.2) is 5.75 Å². The van der Waals surface area contributed by atoms with E-state index in [-0.39, 0.29) is 0 Å². The first-order valence-electron chi connectivity index (χ1n) is 5.89. The number of benzene rings is 1. The molecule has 0 bridgehead atoms. The minimum absolute atomic E-state index is 0.535. The highest BCUT2D eigenvalue weighted by Crippen LogP contribution is 2.22. The fourth-order valence-electron chi connectivity index (χ4n) is 1.42. The molecule has 0 saturated heterocycles. The van der Waals surface area contributed by atoms with Gasteiger partial charge in [0.1, 0.15) is 11.5 Å². The minimum atomic E-state index is 0.535. The van der Waals surface area contributed by atoms with Gasteiger partial charge in [0.2, 0.25) is 5.95 Å². The second-order valence-corrected chi connectivity index (χ2v) is 3.74. The average Bonchev–Trinajstić information content (AvgIpc) is 2.47. The summed E-state index contributed by atoms with van der Waals surface area (Å²) in [5.74, 6) is 2.59. The third-order valence-electron chi connectivity index (χ3n) is 2.35. The fraction of sp³-hybridized carbons (Fsp3) is 0.231. The zero-order valence-electron chi connectivity index (χ0n) is 10.7. The van der Waals surface area contributed by atoms with Crippen LogP contribution in [0.2, 0.25) is 0 Å². The van der Waals surface area contributed by atoms with E-state index in [1.54, 1.807) is 19.5 Å². The Bertz CT molecular complexity index is 499. The second-order valence-electron chi connectivity index (χ2n) is 3.74. The molecule has 0 aliphatic carbocycles. The summed E-state index contributed by atoms with van der Waals surface area (Å²) in [5.41, 5.74) is 5.38. The molecule has 6 heteroatoms. The number of ether oxygens (including phenoxy) is 2. The van der Waals surface area contributed by atoms with Crippen LogP contribution < -0.4 is 20.5 Å². The van der Waals surface area contributed by atoms with Crippen molar-refractivity contribution in [1.29, 1.82) is 0 Å². The first kappa shape index (κ1) is 13.1. The summed E-state index contributed by atoms with van der Waals surface area (Å²) < 4.78 is 10.7. The van der Waals surface area contributed by atoms with Crippen molar-refractivity contribution in [3.8, 4) is 17.2 Å². The molecule has 1 heterocycles. The molecule has 6 nitrogen and oxygen atoms in total. The number of hydrogen-bond acceptors (Lipinski definition) is 6. The van der Waals surface area contributed by atoms with Gasteiger partial charge in [-0.3, -0.25) is 0 Å². The first-order valence-corrected chi connectivity index (χ1v) is 5.89. The van der Waals surface area contributed by atoms with Crippen molar-refractivity contribution in [3.63, 3.8) is 0 Å². The van der Waals surface area contributed by atoms with Crippen molar-refractivity contribution in [2.24, 2.45) is 5.73 Å². The average molecular weight is 260 g/mol. The van der Waals surface area contributed by atoms with E-state index in [0.29, 0.717) is 30.5 Å². The largest absolute Gasteiger partial charge is 0.497 e. The second kappa shape index (κ2) is 6.55. The third-order valence-corrected chi connectivity index (χ3v) is 2.35. The van der Waals surface area contributed by atoms with Gasteiger partial charge in [0.25, 0.3) is 0 Å². The van der Waals surface area contributed by atoms with E-state index in [1.807, 2.05) is 24.3 Å². The van der Waals surface area contributed by atoms with Gasteiger partial charge in [-0.1, -0.05) is 0 Å². The highest BCUT2D eigenvalue weighted by molar-refractivity contribution is 5.35. The fourth-order valence-corrected chi connectivity index (χ4v) is 1.42. The van der Waals surface area contributed by atoms with Crippen LogP contribution in [0.4, 0.5) is 5.95 Å². The molecule has 0 aliphatic heterocycles. The zero-order valence-corrected chi connectivity index (χ0v) is 10.7. The van der Waals surface area contributed by atoms with Crippen molar-refractivity contribution < 1.29 is 9.47 Å². The van der Waals surface area contributed by atoms with E-state index in [1.165, 1.54) is 0 Å². The van der Waals surface area contributed by atoms with E-state index in [9.17, 15) is 0 Å². The van der Waals surface area contributed by atoms with Gasteiger partial charge in [-0.05, 0) is 24.3 Å². The normalized spacial score (nSPS) is 10.0. The lowest BCUT2D eigenvalue weighted by atomic mass is 10.3. The molecule has 0 amide bonds. The lowest BCUT2D eigenvalue weighted by Crippen LogP contribution is -2.14. The van der Waals surface area contributed by atoms with Crippen LogP contribution in [-0.2, 0) is 0 Å². The van der Waals surface area contributed by atoms with Crippen LogP contribution in [0.15, 0.2) is 36.7 Å². The van der Waals surface area contributed by atoms with E-state index in [4.69, 9.17) is 15.2 Å². The smallest absolute Gasteiger partial charge is 0.222 e. The van der Waals surface area contributed by atoms with E-state index in [0.717, 1.165) is 5.75 Å². The van der Waals surface area contributed by atoms with Crippen molar-refractivity contribution >= 4 is 5.95 Å². The van der Waals surface area contributed by atoms with E-state index >= 15 is 0 Å². The van der Waals surface area contributed by atoms with Crippen LogP contribution in [0.1, 0.15) is 0 Å². The van der Waals surface area contributed by atoms with Crippen molar-refractivity contribution in [3.05, 3.63) is 36.7 Å². The first-order chi connectivity index (χ1) is 9.31. The molecule has 0 saturated carbocycles. The molecule has 3 N–H and O–H groups in total. The molecule has 0 fully saturated rings. The van der Waals surface area contributed by atoms with Crippen LogP contribution in [-0.4, -0.2) is 30.2 Å². The maximum atomic E-state index is 5.60. The monoisotopic (exact) mass is 260 g/mol. The SMILES string of the molecule is COc1ccc(Oc2cnc(NCCN)nc2)cc1. The summed E-state index contributed by atoms with van der Waals surface area (Å²) in [5, 5.41) is 2.98. The number of hydrogen-bond donors (Lipinski definition) is 2. The summed E-state index contributed by atoms with van der Waals surface area (Å²) in [7, 11) is 1.62. The van der Waals surface area contributed by atoms with Gasteiger partial charge in [-0.15, -0.1) is 0 Å². The molecule has 0 aliphatic rings. The van der Waals surface area contributed by atoms with Gasteiger partial charge in [0.05, 0.1) is 19.5 Å². The summed E-state index contributed by atoms with van der Waals surface area (Å²) in [4.78, 5) is 8.24. The molecular formula is C13H16N4O2. The predicted octanol–water partition coefficient (Wildman–Crippen LogP) is 1.65. The van der Waals surface area contributed by atoms with Gasteiger partial charge < -0.3 is 20.5 Å². The van der Waals surface area contributed by atoms with Crippen LogP contribution in [0.3, 0.4) is 0 Å². The zero-order chi connectivity index (χ0) is 13.5. The van der Waals surface area contributed by atoms with Crippen molar-refractivity contribution in [2.75, 3.05) is 25.5 Å². The Morgan fingerprint density at radius 1 is 1.05 bits per heavy atom. The highest BCUT2D eigenvalue weighted by Gasteiger charge is 2.00. The highest BCUT2D eigenvalue weighted by atomic mass is 16.5. The number of methoxy groups -OCH3 is 1. The molecule has 2 rings (SSSR count). The minimum Gasteiger partial charge on any atom is -0.497 e. The summed E-state index contributed by atoms with van der Waals surface area (Å²) in [6.45, 7) is 1.17. The molecule has 1 aromatic carbocycles. The summed E-state index contributed by atoms with van der Waals surface area (Å²) in [6, 6.07) is 7.29. The molecule has 1 aromatic heterocycles. The Kier molecular flexibility index (Phi) is 4.52. The number of rotatable bonds is 6. The van der Waals surface area contributed by atoms with Crippen LogP contribution in [0, 0.1) is 0 Å². The number of anilines is 1. The van der Waals surface area contributed by atoms with Crippen LogP contribution in [0.5, 0.6) is 17.2 Å². The number of nitrogens with one attached hydrogen (secondary N) is 1. The molecular weight excluding hydrogens is 244 g/mol. The standard InChI is InChI=1S/C13H16N4O2/c1-18-10-2-4-11(5-3-10)19-12-8-16-13(17-9-12)15-7-6-14/h2-5,8-9H,6-7,14H2,1H3,(H,15,16,17). The van der Waals surface area contributed by atoms with Crippen LogP contribution in [0.25, 0.3) is 0 Å².